The first-order valence-electron chi connectivity index (χ1n) is 10.5. The minimum Gasteiger partial charge on any atom is -0.496 e. The molecule has 0 saturated carbocycles. The Labute approximate surface area is 200 Å². The maximum absolute atomic E-state index is 13.0. The molecule has 3 rings (SSSR count). The highest BCUT2D eigenvalue weighted by Crippen LogP contribution is 2.27. The van der Waals surface area contributed by atoms with Gasteiger partial charge in [-0.1, -0.05) is 42.8 Å². The number of sulfonamides is 1. The normalized spacial score (nSPS) is 12.2. The zero-order valence-electron chi connectivity index (χ0n) is 19.0. The molecule has 0 spiro atoms. The van der Waals surface area contributed by atoms with Crippen molar-refractivity contribution in [3.63, 3.8) is 0 Å². The Morgan fingerprint density at radius 2 is 1.82 bits per heavy atom. The summed E-state index contributed by atoms with van der Waals surface area (Å²) in [6.45, 7) is 5.77. The summed E-state index contributed by atoms with van der Waals surface area (Å²) in [4.78, 5) is 12.8. The lowest BCUT2D eigenvalue weighted by molar-refractivity contribution is 0.0935. The number of amides is 1. The summed E-state index contributed by atoms with van der Waals surface area (Å²) >= 11 is 6.20. The predicted molar refractivity (Wildman–Crippen MR) is 132 cm³/mol. The van der Waals surface area contributed by atoms with Crippen molar-refractivity contribution in [1.82, 2.24) is 5.32 Å². The van der Waals surface area contributed by atoms with Crippen molar-refractivity contribution in [1.29, 1.82) is 0 Å². The van der Waals surface area contributed by atoms with E-state index in [0.29, 0.717) is 12.1 Å². The van der Waals surface area contributed by atoms with Gasteiger partial charge in [-0.3, -0.25) is 9.52 Å². The highest BCUT2D eigenvalue weighted by Gasteiger charge is 2.22. The van der Waals surface area contributed by atoms with E-state index < -0.39 is 10.0 Å². The van der Waals surface area contributed by atoms with Crippen LogP contribution in [-0.2, 0) is 10.0 Å². The van der Waals surface area contributed by atoms with E-state index in [0.717, 1.165) is 22.4 Å². The molecule has 0 aliphatic rings. The zero-order valence-corrected chi connectivity index (χ0v) is 20.5. The monoisotopic (exact) mass is 486 g/mol. The van der Waals surface area contributed by atoms with Crippen LogP contribution in [0, 0.1) is 13.8 Å². The molecule has 0 heterocycles. The van der Waals surface area contributed by atoms with Crippen molar-refractivity contribution in [2.45, 2.75) is 38.1 Å². The minimum atomic E-state index is -3.99. The first-order valence-corrected chi connectivity index (χ1v) is 12.3. The lowest BCUT2D eigenvalue weighted by Gasteiger charge is -2.19. The molecule has 0 bridgehead atoms. The number of carbonyl (C=O) groups excluding carboxylic acids is 1. The molecular formula is C25H27ClN2O4S. The maximum Gasteiger partial charge on any atom is 0.263 e. The second-order valence-corrected chi connectivity index (χ2v) is 9.84. The molecular weight excluding hydrogens is 460 g/mol. The van der Waals surface area contributed by atoms with Gasteiger partial charge in [0.1, 0.15) is 10.6 Å². The molecule has 1 amide bonds. The molecule has 0 radical (unpaired) electrons. The van der Waals surface area contributed by atoms with Gasteiger partial charge in [-0.15, -0.1) is 0 Å². The number of ether oxygens (including phenoxy) is 1. The van der Waals surface area contributed by atoms with Gasteiger partial charge in [0.15, 0.2) is 0 Å². The second kappa shape index (κ2) is 10.3. The Morgan fingerprint density at radius 1 is 1.06 bits per heavy atom. The van der Waals surface area contributed by atoms with Crippen LogP contribution in [0.15, 0.2) is 65.6 Å². The first kappa shape index (κ1) is 24.6. The Morgan fingerprint density at radius 3 is 2.45 bits per heavy atom. The van der Waals surface area contributed by atoms with Crippen molar-refractivity contribution in [2.24, 2.45) is 0 Å². The number of nitrogens with one attached hydrogen (secondary N) is 2. The van der Waals surface area contributed by atoms with Gasteiger partial charge in [0.05, 0.1) is 18.2 Å². The van der Waals surface area contributed by atoms with Crippen molar-refractivity contribution >= 4 is 33.2 Å². The fourth-order valence-corrected chi connectivity index (χ4v) is 5.13. The Kier molecular flexibility index (Phi) is 7.66. The van der Waals surface area contributed by atoms with Gasteiger partial charge in [-0.05, 0) is 73.4 Å². The molecule has 2 N–H and O–H groups in total. The van der Waals surface area contributed by atoms with E-state index >= 15 is 0 Å². The van der Waals surface area contributed by atoms with Gasteiger partial charge >= 0.3 is 0 Å². The van der Waals surface area contributed by atoms with Crippen LogP contribution < -0.4 is 14.8 Å². The number of carbonyl (C=O) groups is 1. The summed E-state index contributed by atoms with van der Waals surface area (Å²) in [5, 5.41) is 3.01. The fourth-order valence-electron chi connectivity index (χ4n) is 3.55. The highest BCUT2D eigenvalue weighted by atomic mass is 35.5. The van der Waals surface area contributed by atoms with E-state index in [1.54, 1.807) is 25.3 Å². The predicted octanol–water partition coefficient (Wildman–Crippen LogP) is 5.65. The quantitative estimate of drug-likeness (QED) is 0.431. The van der Waals surface area contributed by atoms with Gasteiger partial charge in [-0.2, -0.15) is 0 Å². The standard InChI is InChI=1S/C25H27ClN2O4S/c1-5-22(18-10-12-23(32-4)17(3)14-18)27-25(29)19-9-11-21(26)24(15-19)33(30,31)28-20-8-6-7-16(2)13-20/h6-15,22,28H,5H2,1-4H3,(H,27,29). The molecule has 0 aliphatic heterocycles. The molecule has 1 unspecified atom stereocenters. The summed E-state index contributed by atoms with van der Waals surface area (Å²) in [7, 11) is -2.38. The van der Waals surface area contributed by atoms with Crippen molar-refractivity contribution in [3.05, 3.63) is 87.9 Å². The molecule has 1 atom stereocenters. The number of hydrogen-bond acceptors (Lipinski definition) is 4. The van der Waals surface area contributed by atoms with Crippen LogP contribution in [0.3, 0.4) is 0 Å². The number of hydrogen-bond donors (Lipinski definition) is 2. The third-order valence-electron chi connectivity index (χ3n) is 5.29. The lowest BCUT2D eigenvalue weighted by atomic mass is 10.0. The summed E-state index contributed by atoms with van der Waals surface area (Å²) < 4.78 is 33.8. The molecule has 0 saturated heterocycles. The van der Waals surface area contributed by atoms with Crippen LogP contribution in [0.2, 0.25) is 5.02 Å². The van der Waals surface area contributed by atoms with E-state index in [1.165, 1.54) is 18.2 Å². The fraction of sp³-hybridized carbons (Fsp3) is 0.240. The number of rotatable bonds is 8. The molecule has 0 fully saturated rings. The summed E-state index contributed by atoms with van der Waals surface area (Å²) in [5.41, 5.74) is 3.43. The minimum absolute atomic E-state index is 0.0320. The van der Waals surface area contributed by atoms with Crippen LogP contribution in [0.25, 0.3) is 0 Å². The van der Waals surface area contributed by atoms with E-state index in [1.807, 2.05) is 45.0 Å². The second-order valence-electron chi connectivity index (χ2n) is 7.78. The Balaban J connectivity index is 1.85. The molecule has 0 aliphatic carbocycles. The average molecular weight is 487 g/mol. The summed E-state index contributed by atoms with van der Waals surface area (Å²) in [6.07, 6.45) is 0.658. The third kappa shape index (κ3) is 5.86. The molecule has 174 valence electrons. The SMILES string of the molecule is CCC(NC(=O)c1ccc(Cl)c(S(=O)(=O)Nc2cccc(C)c2)c1)c1ccc(OC)c(C)c1. The molecule has 3 aromatic rings. The Hall–Kier alpha value is -3.03. The summed E-state index contributed by atoms with van der Waals surface area (Å²) in [6, 6.07) is 16.7. The van der Waals surface area contributed by atoms with Crippen LogP contribution in [0.4, 0.5) is 5.69 Å². The van der Waals surface area contributed by atoms with Gasteiger partial charge < -0.3 is 10.1 Å². The largest absolute Gasteiger partial charge is 0.496 e. The topological polar surface area (TPSA) is 84.5 Å². The van der Waals surface area contributed by atoms with Crippen LogP contribution in [0.1, 0.15) is 46.4 Å². The number of halogens is 1. The number of methoxy groups -OCH3 is 1. The zero-order chi connectivity index (χ0) is 24.2. The van der Waals surface area contributed by atoms with Gasteiger partial charge in [0, 0.05) is 11.3 Å². The van der Waals surface area contributed by atoms with E-state index in [2.05, 4.69) is 10.0 Å². The van der Waals surface area contributed by atoms with Crippen molar-refractivity contribution < 1.29 is 17.9 Å². The van der Waals surface area contributed by atoms with E-state index in [-0.39, 0.29) is 27.4 Å². The highest BCUT2D eigenvalue weighted by molar-refractivity contribution is 7.92. The van der Waals surface area contributed by atoms with Gasteiger partial charge in [0.25, 0.3) is 15.9 Å². The van der Waals surface area contributed by atoms with E-state index in [4.69, 9.17) is 16.3 Å². The molecule has 33 heavy (non-hydrogen) atoms. The van der Waals surface area contributed by atoms with Crippen molar-refractivity contribution in [3.8, 4) is 5.75 Å². The van der Waals surface area contributed by atoms with Crippen LogP contribution >= 0.6 is 11.6 Å². The smallest absolute Gasteiger partial charge is 0.263 e. The van der Waals surface area contributed by atoms with E-state index in [9.17, 15) is 13.2 Å². The average Bonchev–Trinajstić information content (AvgIpc) is 2.77. The number of aryl methyl sites for hydroxylation is 2. The third-order valence-corrected chi connectivity index (χ3v) is 7.15. The number of anilines is 1. The van der Waals surface area contributed by atoms with Crippen LogP contribution in [0.5, 0.6) is 5.75 Å². The number of benzene rings is 3. The molecule has 8 heteroatoms. The lowest BCUT2D eigenvalue weighted by Crippen LogP contribution is -2.28. The van der Waals surface area contributed by atoms with Gasteiger partial charge in [-0.25, -0.2) is 8.42 Å². The van der Waals surface area contributed by atoms with Gasteiger partial charge in [0.2, 0.25) is 0 Å². The van der Waals surface area contributed by atoms with Crippen LogP contribution in [-0.4, -0.2) is 21.4 Å². The molecule has 3 aromatic carbocycles. The summed E-state index contributed by atoms with van der Waals surface area (Å²) in [5.74, 6) is 0.382. The van der Waals surface area contributed by atoms with Crippen molar-refractivity contribution in [2.75, 3.05) is 11.8 Å². The Bertz CT molecular complexity index is 1280. The molecule has 6 nitrogen and oxygen atoms in total. The first-order chi connectivity index (χ1) is 15.6. The molecule has 0 aromatic heterocycles. The maximum atomic E-state index is 13.0.